The van der Waals surface area contributed by atoms with E-state index in [1.807, 2.05) is 28.9 Å². The van der Waals surface area contributed by atoms with E-state index in [9.17, 15) is 13.2 Å². The molecule has 0 amide bonds. The van der Waals surface area contributed by atoms with Crippen LogP contribution in [0.3, 0.4) is 0 Å². The second-order valence-corrected chi connectivity index (χ2v) is 6.73. The van der Waals surface area contributed by atoms with E-state index in [0.29, 0.717) is 5.56 Å². The number of halogens is 4. The minimum absolute atomic E-state index is 0.654. The van der Waals surface area contributed by atoms with Gasteiger partial charge in [0.25, 0.3) is 0 Å². The predicted molar refractivity (Wildman–Crippen MR) is 93.9 cm³/mol. The number of benzene rings is 2. The second kappa shape index (κ2) is 5.91. The van der Waals surface area contributed by atoms with Crippen LogP contribution < -0.4 is 5.32 Å². The lowest BCUT2D eigenvalue weighted by molar-refractivity contribution is -0.137. The van der Waals surface area contributed by atoms with E-state index < -0.39 is 11.7 Å². The molecule has 1 aromatic heterocycles. The maximum absolute atomic E-state index is 12.8. The highest BCUT2D eigenvalue weighted by Crippen LogP contribution is 2.36. The molecule has 0 spiro atoms. The highest BCUT2D eigenvalue weighted by Gasteiger charge is 2.30. The normalized spacial score (nSPS) is 13.6. The van der Waals surface area contributed by atoms with Gasteiger partial charge in [-0.05, 0) is 42.8 Å². The van der Waals surface area contributed by atoms with Crippen LogP contribution in [0.4, 0.5) is 19.0 Å². The number of anilines is 1. The molecular weight excluding hydrogens is 395 g/mol. The third-order valence-corrected chi connectivity index (χ3v) is 4.74. The van der Waals surface area contributed by atoms with Crippen LogP contribution in [0.2, 0.25) is 0 Å². The summed E-state index contributed by atoms with van der Waals surface area (Å²) in [6, 6.07) is 12.9. The zero-order valence-corrected chi connectivity index (χ0v) is 14.5. The number of hydrogen-bond donors (Lipinski definition) is 1. The van der Waals surface area contributed by atoms with Crippen LogP contribution in [0.15, 0.2) is 53.0 Å². The number of hydrogen-bond acceptors (Lipinski definition) is 2. The largest absolute Gasteiger partial charge is 0.416 e. The third kappa shape index (κ3) is 2.93. The Labute approximate surface area is 150 Å². The second-order valence-electron chi connectivity index (χ2n) is 5.82. The predicted octanol–water partition coefficient (Wildman–Crippen LogP) is 5.29. The van der Waals surface area contributed by atoms with E-state index in [-0.39, 0.29) is 0 Å². The lowest BCUT2D eigenvalue weighted by Crippen LogP contribution is -2.05. The third-order valence-electron chi connectivity index (χ3n) is 4.21. The molecule has 0 atom stereocenters. The van der Waals surface area contributed by atoms with Gasteiger partial charge in [-0.1, -0.05) is 28.1 Å². The monoisotopic (exact) mass is 407 g/mol. The first-order valence-electron chi connectivity index (χ1n) is 7.73. The van der Waals surface area contributed by atoms with Gasteiger partial charge in [-0.25, -0.2) is 4.68 Å². The van der Waals surface area contributed by atoms with Crippen molar-refractivity contribution in [1.82, 2.24) is 9.78 Å². The standard InChI is InChI=1S/C18H13BrF3N3/c19-13-5-7-14(8-6-13)25-17-15(9-10-23-17)16(24-25)11-1-3-12(4-2-11)18(20,21)22/h1-8,23H,9-10H2. The first-order valence-corrected chi connectivity index (χ1v) is 8.52. The van der Waals surface area contributed by atoms with Crippen LogP contribution >= 0.6 is 15.9 Å². The lowest BCUT2D eigenvalue weighted by atomic mass is 10.0. The van der Waals surface area contributed by atoms with E-state index in [2.05, 4.69) is 26.3 Å². The highest BCUT2D eigenvalue weighted by molar-refractivity contribution is 9.10. The molecule has 1 aliphatic rings. The van der Waals surface area contributed by atoms with Gasteiger partial charge < -0.3 is 5.32 Å². The summed E-state index contributed by atoms with van der Waals surface area (Å²) in [6.45, 7) is 0.789. The topological polar surface area (TPSA) is 29.9 Å². The minimum atomic E-state index is -4.33. The molecule has 1 aliphatic heterocycles. The maximum Gasteiger partial charge on any atom is 0.416 e. The van der Waals surface area contributed by atoms with Crippen LogP contribution in [0.1, 0.15) is 11.1 Å². The van der Waals surface area contributed by atoms with Gasteiger partial charge in [0.2, 0.25) is 0 Å². The molecule has 25 heavy (non-hydrogen) atoms. The smallest absolute Gasteiger partial charge is 0.369 e. The first-order chi connectivity index (χ1) is 11.9. The highest BCUT2D eigenvalue weighted by atomic mass is 79.9. The van der Waals surface area contributed by atoms with E-state index in [0.717, 1.165) is 52.3 Å². The van der Waals surface area contributed by atoms with Crippen molar-refractivity contribution in [2.75, 3.05) is 11.9 Å². The molecule has 0 saturated heterocycles. The molecule has 0 unspecified atom stereocenters. The molecule has 0 saturated carbocycles. The van der Waals surface area contributed by atoms with Gasteiger partial charge in [-0.15, -0.1) is 0 Å². The van der Waals surface area contributed by atoms with Crippen molar-refractivity contribution in [3.63, 3.8) is 0 Å². The molecular formula is C18H13BrF3N3. The van der Waals surface area contributed by atoms with Crippen molar-refractivity contribution in [3.05, 3.63) is 64.1 Å². The summed E-state index contributed by atoms with van der Waals surface area (Å²) in [6.07, 6.45) is -3.54. The summed E-state index contributed by atoms with van der Waals surface area (Å²) in [7, 11) is 0. The molecule has 0 fully saturated rings. The molecule has 2 aromatic carbocycles. The van der Waals surface area contributed by atoms with Gasteiger partial charge in [0, 0.05) is 22.1 Å². The first kappa shape index (κ1) is 16.2. The van der Waals surface area contributed by atoms with Crippen molar-refractivity contribution < 1.29 is 13.2 Å². The average Bonchev–Trinajstić information content (AvgIpc) is 3.17. The summed E-state index contributed by atoms with van der Waals surface area (Å²) in [5, 5.41) is 7.97. The van der Waals surface area contributed by atoms with Crippen molar-refractivity contribution in [2.45, 2.75) is 12.6 Å². The van der Waals surface area contributed by atoms with E-state index in [1.54, 1.807) is 0 Å². The number of fused-ring (bicyclic) bond motifs is 1. The Morgan fingerprint density at radius 3 is 2.32 bits per heavy atom. The quantitative estimate of drug-likeness (QED) is 0.625. The number of alkyl halides is 3. The zero-order valence-electron chi connectivity index (χ0n) is 12.9. The Morgan fingerprint density at radius 1 is 1.00 bits per heavy atom. The van der Waals surface area contributed by atoms with Crippen molar-refractivity contribution in [1.29, 1.82) is 0 Å². The fourth-order valence-corrected chi connectivity index (χ4v) is 3.26. The molecule has 128 valence electrons. The van der Waals surface area contributed by atoms with E-state index in [4.69, 9.17) is 0 Å². The summed E-state index contributed by atoms with van der Waals surface area (Å²) in [5.41, 5.74) is 2.67. The molecule has 0 aliphatic carbocycles. The van der Waals surface area contributed by atoms with Gasteiger partial charge in [0.15, 0.2) is 0 Å². The summed E-state index contributed by atoms with van der Waals surface area (Å²) in [5.74, 6) is 0.900. The maximum atomic E-state index is 12.8. The zero-order chi connectivity index (χ0) is 17.6. The van der Waals surface area contributed by atoms with E-state index >= 15 is 0 Å². The lowest BCUT2D eigenvalue weighted by Gasteiger charge is -2.07. The Morgan fingerprint density at radius 2 is 1.68 bits per heavy atom. The van der Waals surface area contributed by atoms with Gasteiger partial charge in [0.05, 0.1) is 16.9 Å². The minimum Gasteiger partial charge on any atom is -0.369 e. The van der Waals surface area contributed by atoms with Gasteiger partial charge >= 0.3 is 6.18 Å². The van der Waals surface area contributed by atoms with Crippen molar-refractivity contribution >= 4 is 21.7 Å². The summed E-state index contributed by atoms with van der Waals surface area (Å²) in [4.78, 5) is 0. The van der Waals surface area contributed by atoms with Crippen LogP contribution in [0.5, 0.6) is 0 Å². The fraction of sp³-hybridized carbons (Fsp3) is 0.167. The van der Waals surface area contributed by atoms with Crippen LogP contribution in [0, 0.1) is 0 Å². The molecule has 7 heteroatoms. The average molecular weight is 408 g/mol. The molecule has 3 nitrogen and oxygen atoms in total. The van der Waals surface area contributed by atoms with Crippen molar-refractivity contribution in [3.8, 4) is 16.9 Å². The number of nitrogens with zero attached hydrogens (tertiary/aromatic N) is 2. The van der Waals surface area contributed by atoms with Crippen LogP contribution in [-0.4, -0.2) is 16.3 Å². The Balaban J connectivity index is 1.79. The number of rotatable bonds is 2. The molecule has 0 bridgehead atoms. The SMILES string of the molecule is FC(F)(F)c1ccc(-c2nn(-c3ccc(Br)cc3)c3c2CCN3)cc1. The number of aromatic nitrogens is 2. The molecule has 0 radical (unpaired) electrons. The van der Waals surface area contributed by atoms with Crippen LogP contribution in [0.25, 0.3) is 16.9 Å². The molecule has 1 N–H and O–H groups in total. The Bertz CT molecular complexity index is 912. The number of nitrogens with one attached hydrogen (secondary N) is 1. The Hall–Kier alpha value is -2.28. The van der Waals surface area contributed by atoms with Crippen molar-refractivity contribution in [2.24, 2.45) is 0 Å². The van der Waals surface area contributed by atoms with Crippen LogP contribution in [-0.2, 0) is 12.6 Å². The fourth-order valence-electron chi connectivity index (χ4n) is 2.99. The van der Waals surface area contributed by atoms with Gasteiger partial charge in [0.1, 0.15) is 5.82 Å². The summed E-state index contributed by atoms with van der Waals surface area (Å²) < 4.78 is 41.1. The molecule has 4 rings (SSSR count). The molecule has 2 heterocycles. The van der Waals surface area contributed by atoms with Gasteiger partial charge in [-0.2, -0.15) is 18.3 Å². The molecule has 3 aromatic rings. The summed E-state index contributed by atoms with van der Waals surface area (Å²) >= 11 is 3.41. The van der Waals surface area contributed by atoms with E-state index in [1.165, 1.54) is 12.1 Å². The Kier molecular flexibility index (Phi) is 3.83. The van der Waals surface area contributed by atoms with Gasteiger partial charge in [-0.3, -0.25) is 0 Å².